The molecule has 3 N–H and O–H groups in total. The molecule has 0 bridgehead atoms. The van der Waals surface area contributed by atoms with Gasteiger partial charge in [0.2, 0.25) is 0 Å². The lowest BCUT2D eigenvalue weighted by molar-refractivity contribution is 0.0733. The fourth-order valence-electron chi connectivity index (χ4n) is 1.44. The summed E-state index contributed by atoms with van der Waals surface area (Å²) in [6.45, 7) is 4.99. The molecule has 1 amide bonds. The van der Waals surface area contributed by atoms with E-state index in [0.29, 0.717) is 13.1 Å². The molecule has 0 aromatic carbocycles. The van der Waals surface area contributed by atoms with Crippen molar-refractivity contribution >= 4 is 5.91 Å². The van der Waals surface area contributed by atoms with Gasteiger partial charge in [-0.2, -0.15) is 5.10 Å². The van der Waals surface area contributed by atoms with Crippen molar-refractivity contribution in [2.45, 2.75) is 13.8 Å². The molecule has 17 heavy (non-hydrogen) atoms. The Kier molecular flexibility index (Phi) is 4.01. The SMILES string of the molecule is CN(CC(C)(C)CN)C(=O)c1ccc(=O)[nH]n1. The van der Waals surface area contributed by atoms with Crippen molar-refractivity contribution in [3.63, 3.8) is 0 Å². The van der Waals surface area contributed by atoms with Gasteiger partial charge < -0.3 is 10.6 Å². The zero-order valence-corrected chi connectivity index (χ0v) is 10.4. The number of nitrogens with zero attached hydrogens (tertiary/aromatic N) is 2. The summed E-state index contributed by atoms with van der Waals surface area (Å²) in [4.78, 5) is 24.3. The summed E-state index contributed by atoms with van der Waals surface area (Å²) in [5.74, 6) is -0.234. The first kappa shape index (κ1) is 13.4. The van der Waals surface area contributed by atoms with E-state index in [1.165, 1.54) is 12.1 Å². The number of hydrogen-bond donors (Lipinski definition) is 2. The molecule has 0 fully saturated rings. The average Bonchev–Trinajstić information content (AvgIpc) is 2.28. The summed E-state index contributed by atoms with van der Waals surface area (Å²) in [6.07, 6.45) is 0. The predicted octanol–water partition coefficient (Wildman–Crippen LogP) is -0.173. The summed E-state index contributed by atoms with van der Waals surface area (Å²) in [6, 6.07) is 2.69. The van der Waals surface area contributed by atoms with Crippen molar-refractivity contribution < 1.29 is 4.79 Å². The Morgan fingerprint density at radius 1 is 1.53 bits per heavy atom. The molecule has 0 saturated heterocycles. The number of nitrogens with one attached hydrogen (secondary N) is 1. The highest BCUT2D eigenvalue weighted by Gasteiger charge is 2.22. The van der Waals surface area contributed by atoms with Crippen molar-refractivity contribution in [1.29, 1.82) is 0 Å². The van der Waals surface area contributed by atoms with Crippen molar-refractivity contribution in [1.82, 2.24) is 15.1 Å². The Morgan fingerprint density at radius 2 is 2.18 bits per heavy atom. The first-order valence-electron chi connectivity index (χ1n) is 5.37. The van der Waals surface area contributed by atoms with Crippen molar-refractivity contribution in [2.75, 3.05) is 20.1 Å². The minimum Gasteiger partial charge on any atom is -0.340 e. The highest BCUT2D eigenvalue weighted by atomic mass is 16.2. The van der Waals surface area contributed by atoms with Crippen LogP contribution < -0.4 is 11.3 Å². The number of carbonyl (C=O) groups is 1. The first-order chi connectivity index (χ1) is 7.85. The number of rotatable bonds is 4. The number of hydrogen-bond acceptors (Lipinski definition) is 4. The predicted molar refractivity (Wildman–Crippen MR) is 64.7 cm³/mol. The summed E-state index contributed by atoms with van der Waals surface area (Å²) >= 11 is 0. The number of aromatic nitrogens is 2. The van der Waals surface area contributed by atoms with Gasteiger partial charge in [0.1, 0.15) is 5.69 Å². The molecule has 0 spiro atoms. The van der Waals surface area contributed by atoms with Gasteiger partial charge in [-0.1, -0.05) is 13.8 Å². The van der Waals surface area contributed by atoms with E-state index in [2.05, 4.69) is 10.2 Å². The van der Waals surface area contributed by atoms with Crippen LogP contribution in [0.1, 0.15) is 24.3 Å². The third kappa shape index (κ3) is 3.67. The molecule has 6 heteroatoms. The van der Waals surface area contributed by atoms with Crippen LogP contribution in [0.2, 0.25) is 0 Å². The Labute approximate surface area is 99.8 Å². The van der Waals surface area contributed by atoms with Crippen LogP contribution >= 0.6 is 0 Å². The molecule has 0 unspecified atom stereocenters. The van der Waals surface area contributed by atoms with Crippen LogP contribution in [-0.4, -0.2) is 41.1 Å². The lowest BCUT2D eigenvalue weighted by atomic mass is 9.93. The minimum atomic E-state index is -0.327. The summed E-state index contributed by atoms with van der Waals surface area (Å²) < 4.78 is 0. The number of aromatic amines is 1. The second kappa shape index (κ2) is 5.09. The number of H-pyrrole nitrogens is 1. The van der Waals surface area contributed by atoms with Crippen molar-refractivity contribution in [3.05, 3.63) is 28.2 Å². The molecule has 0 aliphatic carbocycles. The summed E-state index contributed by atoms with van der Waals surface area (Å²) in [5.41, 5.74) is 5.36. The maximum atomic E-state index is 12.0. The molecule has 0 aliphatic rings. The fraction of sp³-hybridized carbons (Fsp3) is 0.545. The topological polar surface area (TPSA) is 92.1 Å². The van der Waals surface area contributed by atoms with Crippen LogP contribution in [0, 0.1) is 5.41 Å². The highest BCUT2D eigenvalue weighted by molar-refractivity contribution is 5.91. The zero-order valence-electron chi connectivity index (χ0n) is 10.4. The molecule has 6 nitrogen and oxygen atoms in total. The normalized spacial score (nSPS) is 11.3. The summed E-state index contributed by atoms with van der Waals surface area (Å²) in [5, 5.41) is 5.93. The van der Waals surface area contributed by atoms with Crippen LogP contribution in [0.15, 0.2) is 16.9 Å². The number of amides is 1. The standard InChI is InChI=1S/C11H18N4O2/c1-11(2,6-12)7-15(3)10(17)8-4-5-9(16)14-13-8/h4-5H,6-7,12H2,1-3H3,(H,14,16). The van der Waals surface area contributed by atoms with E-state index in [4.69, 9.17) is 5.73 Å². The van der Waals surface area contributed by atoms with E-state index in [0.717, 1.165) is 0 Å². The van der Waals surface area contributed by atoms with E-state index >= 15 is 0 Å². The molecule has 1 heterocycles. The van der Waals surface area contributed by atoms with E-state index in [1.54, 1.807) is 11.9 Å². The van der Waals surface area contributed by atoms with Gasteiger partial charge in [-0.15, -0.1) is 0 Å². The Hall–Kier alpha value is -1.69. The molecule has 94 valence electrons. The van der Waals surface area contributed by atoms with E-state index in [-0.39, 0.29) is 22.6 Å². The lowest BCUT2D eigenvalue weighted by Gasteiger charge is -2.28. The smallest absolute Gasteiger partial charge is 0.274 e. The second-order valence-electron chi connectivity index (χ2n) is 4.84. The summed E-state index contributed by atoms with van der Waals surface area (Å²) in [7, 11) is 1.69. The van der Waals surface area contributed by atoms with Crippen LogP contribution in [0.25, 0.3) is 0 Å². The Balaban J connectivity index is 2.77. The van der Waals surface area contributed by atoms with E-state index in [1.807, 2.05) is 13.8 Å². The van der Waals surface area contributed by atoms with E-state index < -0.39 is 0 Å². The van der Waals surface area contributed by atoms with Gasteiger partial charge in [0.25, 0.3) is 11.5 Å². The third-order valence-electron chi connectivity index (χ3n) is 2.46. The van der Waals surface area contributed by atoms with Gasteiger partial charge in [0.15, 0.2) is 0 Å². The monoisotopic (exact) mass is 238 g/mol. The molecular weight excluding hydrogens is 220 g/mol. The number of carbonyl (C=O) groups excluding carboxylic acids is 1. The van der Waals surface area contributed by atoms with Crippen molar-refractivity contribution in [3.8, 4) is 0 Å². The minimum absolute atomic E-state index is 0.146. The van der Waals surface area contributed by atoms with Gasteiger partial charge in [-0.05, 0) is 18.0 Å². The van der Waals surface area contributed by atoms with Gasteiger partial charge in [-0.25, -0.2) is 5.10 Å². The Morgan fingerprint density at radius 3 is 2.65 bits per heavy atom. The molecule has 0 radical (unpaired) electrons. The highest BCUT2D eigenvalue weighted by Crippen LogP contribution is 2.14. The third-order valence-corrected chi connectivity index (χ3v) is 2.46. The molecule has 1 aromatic heterocycles. The molecule has 0 atom stereocenters. The molecule has 0 saturated carbocycles. The maximum absolute atomic E-state index is 12.0. The van der Waals surface area contributed by atoms with Gasteiger partial charge in [-0.3, -0.25) is 9.59 Å². The number of nitrogens with two attached hydrogens (primary N) is 1. The first-order valence-corrected chi connectivity index (χ1v) is 5.37. The molecular formula is C11H18N4O2. The van der Waals surface area contributed by atoms with Gasteiger partial charge in [0, 0.05) is 19.7 Å². The maximum Gasteiger partial charge on any atom is 0.274 e. The molecule has 1 aromatic rings. The molecule has 1 rings (SSSR count). The fourth-order valence-corrected chi connectivity index (χ4v) is 1.44. The molecule has 0 aliphatic heterocycles. The van der Waals surface area contributed by atoms with Crippen LogP contribution in [0.3, 0.4) is 0 Å². The average molecular weight is 238 g/mol. The lowest BCUT2D eigenvalue weighted by Crippen LogP contribution is -2.40. The van der Waals surface area contributed by atoms with Gasteiger partial charge in [0.05, 0.1) is 0 Å². The second-order valence-corrected chi connectivity index (χ2v) is 4.84. The van der Waals surface area contributed by atoms with Gasteiger partial charge >= 0.3 is 0 Å². The van der Waals surface area contributed by atoms with Crippen LogP contribution in [0.4, 0.5) is 0 Å². The van der Waals surface area contributed by atoms with E-state index in [9.17, 15) is 9.59 Å². The quantitative estimate of drug-likeness (QED) is 0.761. The van der Waals surface area contributed by atoms with Crippen LogP contribution in [0.5, 0.6) is 0 Å². The Bertz CT molecular complexity index is 433. The zero-order chi connectivity index (χ0) is 13.1. The largest absolute Gasteiger partial charge is 0.340 e. The van der Waals surface area contributed by atoms with Crippen LogP contribution in [-0.2, 0) is 0 Å². The van der Waals surface area contributed by atoms with Crippen molar-refractivity contribution in [2.24, 2.45) is 11.1 Å².